The van der Waals surface area contributed by atoms with Crippen molar-refractivity contribution < 1.29 is 24.9 Å². The summed E-state index contributed by atoms with van der Waals surface area (Å²) in [7, 11) is 0. The van der Waals surface area contributed by atoms with Gasteiger partial charge in [0.25, 0.3) is 0 Å². The second-order valence-corrected chi connectivity index (χ2v) is 8.87. The zero-order chi connectivity index (χ0) is 20.2. The molecule has 8 atom stereocenters. The van der Waals surface area contributed by atoms with Gasteiger partial charge in [-0.1, -0.05) is 25.5 Å². The summed E-state index contributed by atoms with van der Waals surface area (Å²) in [6.45, 7) is 4.33. The Balaban J connectivity index is 2.21. The second kappa shape index (κ2) is 9.91. The molecule has 9 heteroatoms. The van der Waals surface area contributed by atoms with Gasteiger partial charge in [-0.25, -0.2) is 0 Å². The molecular formula is C18H31ClN2O5S. The van der Waals surface area contributed by atoms with Crippen molar-refractivity contribution in [2.75, 3.05) is 12.8 Å². The number of hydrogen-bond donors (Lipinski definition) is 5. The number of rotatable bonds is 7. The van der Waals surface area contributed by atoms with Crippen LogP contribution in [0.4, 0.5) is 0 Å². The molecule has 0 bridgehead atoms. The molecule has 0 aromatic rings. The quantitative estimate of drug-likeness (QED) is 0.297. The molecule has 156 valence electrons. The molecule has 1 saturated heterocycles. The van der Waals surface area contributed by atoms with E-state index in [0.717, 1.165) is 6.42 Å². The summed E-state index contributed by atoms with van der Waals surface area (Å²) in [6, 6.07) is -0.729. The van der Waals surface area contributed by atoms with Crippen molar-refractivity contribution >= 4 is 29.3 Å². The molecule has 0 radical (unpaired) electrons. The van der Waals surface area contributed by atoms with Crippen LogP contribution in [0.1, 0.15) is 33.1 Å². The predicted molar refractivity (Wildman–Crippen MR) is 107 cm³/mol. The first-order chi connectivity index (χ1) is 12.8. The van der Waals surface area contributed by atoms with E-state index in [1.807, 2.05) is 19.1 Å². The van der Waals surface area contributed by atoms with Crippen molar-refractivity contribution in [3.05, 3.63) is 12.2 Å². The Hall–Kier alpha value is -0.350. The van der Waals surface area contributed by atoms with Gasteiger partial charge in [-0.2, -0.15) is 0 Å². The number of carbonyl (C=O) groups is 1. The topological polar surface area (TPSA) is 111 Å². The summed E-state index contributed by atoms with van der Waals surface area (Å²) in [5.74, 6) is -0.205. The summed E-state index contributed by atoms with van der Waals surface area (Å²) >= 11 is 7.56. The SMILES string of the molecule is CCCC1(C(=O)NC(C(C)Cl)C2OC(SC)C(O)C(O)C2O)CC=CCN1. The third-order valence-electron chi connectivity index (χ3n) is 5.29. The molecule has 5 N–H and O–H groups in total. The molecule has 2 aliphatic heterocycles. The van der Waals surface area contributed by atoms with Gasteiger partial charge in [0.05, 0.1) is 11.4 Å². The van der Waals surface area contributed by atoms with Gasteiger partial charge in [0.15, 0.2) is 0 Å². The largest absolute Gasteiger partial charge is 0.388 e. The number of nitrogens with one attached hydrogen (secondary N) is 2. The molecule has 1 amide bonds. The first-order valence-electron chi connectivity index (χ1n) is 9.35. The van der Waals surface area contributed by atoms with Crippen LogP contribution < -0.4 is 10.6 Å². The zero-order valence-corrected chi connectivity index (χ0v) is 17.5. The second-order valence-electron chi connectivity index (χ2n) is 7.24. The normalized spacial score (nSPS) is 39.0. The van der Waals surface area contributed by atoms with E-state index >= 15 is 0 Å². The van der Waals surface area contributed by atoms with E-state index in [2.05, 4.69) is 10.6 Å². The smallest absolute Gasteiger partial charge is 0.240 e. The minimum atomic E-state index is -1.38. The van der Waals surface area contributed by atoms with Crippen LogP contribution in [-0.4, -0.2) is 80.8 Å². The average molecular weight is 423 g/mol. The summed E-state index contributed by atoms with van der Waals surface area (Å²) in [5, 5.41) is 36.4. The summed E-state index contributed by atoms with van der Waals surface area (Å²) in [4.78, 5) is 13.2. The number of thioether (sulfide) groups is 1. The fourth-order valence-electron chi connectivity index (χ4n) is 3.71. The lowest BCUT2D eigenvalue weighted by atomic mass is 9.85. The highest BCUT2D eigenvalue weighted by atomic mass is 35.5. The Bertz CT molecular complexity index is 536. The van der Waals surface area contributed by atoms with Crippen molar-refractivity contribution in [2.45, 2.75) is 79.9 Å². The molecule has 0 aromatic carbocycles. The molecule has 7 nitrogen and oxygen atoms in total. The highest BCUT2D eigenvalue weighted by Gasteiger charge is 2.49. The maximum atomic E-state index is 13.2. The standard InChI is InChI=1S/C18H31ClN2O5S/c1-4-7-18(8-5-6-9-20-18)17(25)21-11(10(2)19)15-13(23)12(22)14(24)16(26-15)27-3/h5-6,10-16,20,22-24H,4,7-9H2,1-3H3,(H,21,25). The van der Waals surface area contributed by atoms with E-state index in [4.69, 9.17) is 16.3 Å². The van der Waals surface area contributed by atoms with E-state index < -0.39 is 46.8 Å². The third kappa shape index (κ3) is 4.98. The highest BCUT2D eigenvalue weighted by Crippen LogP contribution is 2.31. The summed E-state index contributed by atoms with van der Waals surface area (Å²) in [5.41, 5.74) is -1.45. The number of aliphatic hydroxyl groups is 3. The molecule has 2 rings (SSSR count). The molecule has 2 aliphatic rings. The van der Waals surface area contributed by atoms with Gasteiger partial charge in [0, 0.05) is 6.54 Å². The molecule has 0 aromatic heterocycles. The van der Waals surface area contributed by atoms with Gasteiger partial charge >= 0.3 is 0 Å². The fourth-order valence-corrected chi connectivity index (χ4v) is 4.60. The summed E-state index contributed by atoms with van der Waals surface area (Å²) in [6.07, 6.45) is 2.87. The molecule has 0 aliphatic carbocycles. The molecular weight excluding hydrogens is 392 g/mol. The fraction of sp³-hybridized carbons (Fsp3) is 0.833. The van der Waals surface area contributed by atoms with Gasteiger partial charge in [0.2, 0.25) is 5.91 Å². The van der Waals surface area contributed by atoms with Gasteiger partial charge in [0.1, 0.15) is 35.4 Å². The lowest BCUT2D eigenvalue weighted by Crippen LogP contribution is -2.67. The minimum Gasteiger partial charge on any atom is -0.388 e. The van der Waals surface area contributed by atoms with Crippen LogP contribution in [0.25, 0.3) is 0 Å². The number of amides is 1. The van der Waals surface area contributed by atoms with Crippen LogP contribution in [0.3, 0.4) is 0 Å². The Morgan fingerprint density at radius 1 is 1.37 bits per heavy atom. The average Bonchev–Trinajstić information content (AvgIpc) is 2.65. The minimum absolute atomic E-state index is 0.205. The molecule has 1 fully saturated rings. The highest BCUT2D eigenvalue weighted by molar-refractivity contribution is 7.99. The predicted octanol–water partition coefficient (Wildman–Crippen LogP) is 0.357. The number of aliphatic hydroxyl groups excluding tert-OH is 3. The van der Waals surface area contributed by atoms with Gasteiger partial charge in [-0.15, -0.1) is 23.4 Å². The van der Waals surface area contributed by atoms with Crippen molar-refractivity contribution in [2.24, 2.45) is 0 Å². The first kappa shape index (κ1) is 22.9. The van der Waals surface area contributed by atoms with E-state index in [1.165, 1.54) is 11.8 Å². The zero-order valence-electron chi connectivity index (χ0n) is 16.0. The lowest BCUT2D eigenvalue weighted by molar-refractivity contribution is -0.205. The van der Waals surface area contributed by atoms with E-state index in [-0.39, 0.29) is 5.91 Å². The van der Waals surface area contributed by atoms with Crippen LogP contribution in [0.5, 0.6) is 0 Å². The summed E-state index contributed by atoms with van der Waals surface area (Å²) < 4.78 is 5.80. The Kier molecular flexibility index (Phi) is 8.42. The Morgan fingerprint density at radius 3 is 2.59 bits per heavy atom. The van der Waals surface area contributed by atoms with Gasteiger partial charge < -0.3 is 25.4 Å². The Morgan fingerprint density at radius 2 is 2.07 bits per heavy atom. The van der Waals surface area contributed by atoms with Gasteiger partial charge in [-0.3, -0.25) is 10.1 Å². The maximum absolute atomic E-state index is 13.2. The molecule has 2 heterocycles. The Labute approximate surface area is 169 Å². The first-order valence-corrected chi connectivity index (χ1v) is 11.1. The van der Waals surface area contributed by atoms with Crippen molar-refractivity contribution in [3.8, 4) is 0 Å². The van der Waals surface area contributed by atoms with Crippen molar-refractivity contribution in [1.82, 2.24) is 10.6 Å². The van der Waals surface area contributed by atoms with Crippen LogP contribution in [0, 0.1) is 0 Å². The van der Waals surface area contributed by atoms with Crippen LogP contribution in [0.15, 0.2) is 12.2 Å². The van der Waals surface area contributed by atoms with E-state index in [0.29, 0.717) is 19.4 Å². The number of ether oxygens (including phenoxy) is 1. The lowest BCUT2D eigenvalue weighted by Gasteiger charge is -2.45. The molecule has 0 spiro atoms. The number of hydrogen-bond acceptors (Lipinski definition) is 7. The van der Waals surface area contributed by atoms with Crippen LogP contribution in [-0.2, 0) is 9.53 Å². The number of alkyl halides is 1. The molecule has 27 heavy (non-hydrogen) atoms. The van der Waals surface area contributed by atoms with Gasteiger partial charge in [-0.05, 0) is 26.0 Å². The monoisotopic (exact) mass is 422 g/mol. The van der Waals surface area contributed by atoms with Crippen molar-refractivity contribution in [1.29, 1.82) is 0 Å². The van der Waals surface area contributed by atoms with E-state index in [1.54, 1.807) is 13.2 Å². The number of halogens is 1. The van der Waals surface area contributed by atoms with Crippen molar-refractivity contribution in [3.63, 3.8) is 0 Å². The van der Waals surface area contributed by atoms with Crippen LogP contribution >= 0.6 is 23.4 Å². The maximum Gasteiger partial charge on any atom is 0.240 e. The third-order valence-corrected chi connectivity index (χ3v) is 6.41. The molecule has 0 saturated carbocycles. The van der Waals surface area contributed by atoms with Crippen LogP contribution in [0.2, 0.25) is 0 Å². The molecule has 8 unspecified atom stereocenters. The van der Waals surface area contributed by atoms with E-state index in [9.17, 15) is 20.1 Å². The number of carbonyl (C=O) groups excluding carboxylic acids is 1.